The molecule has 0 saturated heterocycles. The Bertz CT molecular complexity index is 447. The Hall–Kier alpha value is -2.02. The second kappa shape index (κ2) is 5.35. The van der Waals surface area contributed by atoms with Gasteiger partial charge in [0.1, 0.15) is 0 Å². The highest BCUT2D eigenvalue weighted by atomic mass is 16.6. The van der Waals surface area contributed by atoms with Crippen LogP contribution in [-0.2, 0) is 6.42 Å². The number of nitrogens with zero attached hydrogens (tertiary/aromatic N) is 2. The minimum Gasteiger partial charge on any atom is -0.317 e. The molecule has 7 nitrogen and oxygen atoms in total. The van der Waals surface area contributed by atoms with Gasteiger partial charge in [0.25, 0.3) is 11.4 Å². The van der Waals surface area contributed by atoms with Crippen LogP contribution in [0.2, 0.25) is 0 Å². The normalized spacial score (nSPS) is 12.1. The van der Waals surface area contributed by atoms with Crippen LogP contribution in [0.15, 0.2) is 18.2 Å². The van der Waals surface area contributed by atoms with E-state index in [0.29, 0.717) is 12.0 Å². The van der Waals surface area contributed by atoms with E-state index in [1.807, 2.05) is 6.92 Å². The molecule has 0 spiro atoms. The van der Waals surface area contributed by atoms with Gasteiger partial charge in [-0.3, -0.25) is 20.2 Å². The summed E-state index contributed by atoms with van der Waals surface area (Å²) in [5.74, 6) is 0. The molecule has 0 aliphatic carbocycles. The standard InChI is InChI=1S/C10H13N3O4/c1-7(11-2)5-8-3-4-9(12(14)15)6-10(8)13(16)17/h3-4,6-7,11H,5H2,1-2H3. The summed E-state index contributed by atoms with van der Waals surface area (Å²) in [5, 5.41) is 24.3. The van der Waals surface area contributed by atoms with Gasteiger partial charge in [-0.1, -0.05) is 0 Å². The van der Waals surface area contributed by atoms with Crippen LogP contribution >= 0.6 is 0 Å². The number of hydrogen-bond donors (Lipinski definition) is 1. The number of benzene rings is 1. The van der Waals surface area contributed by atoms with E-state index in [1.165, 1.54) is 12.1 Å². The van der Waals surface area contributed by atoms with Gasteiger partial charge in [-0.15, -0.1) is 0 Å². The maximum absolute atomic E-state index is 10.8. The molecular weight excluding hydrogens is 226 g/mol. The number of likely N-dealkylation sites (N-methyl/N-ethyl adjacent to an activating group) is 1. The van der Waals surface area contributed by atoms with Crippen LogP contribution in [0.5, 0.6) is 0 Å². The molecule has 0 heterocycles. The molecule has 92 valence electrons. The van der Waals surface area contributed by atoms with Gasteiger partial charge in [0.15, 0.2) is 0 Å². The minimum absolute atomic E-state index is 0.0650. The van der Waals surface area contributed by atoms with E-state index < -0.39 is 9.85 Å². The molecular formula is C10H13N3O4. The molecule has 0 bridgehead atoms. The number of non-ortho nitro benzene ring substituents is 1. The molecule has 0 aliphatic rings. The molecule has 0 aliphatic heterocycles. The second-order valence-corrected chi connectivity index (χ2v) is 3.72. The zero-order valence-corrected chi connectivity index (χ0v) is 9.54. The van der Waals surface area contributed by atoms with Crippen LogP contribution in [0.1, 0.15) is 12.5 Å². The third-order valence-electron chi connectivity index (χ3n) is 2.50. The van der Waals surface area contributed by atoms with Crippen LogP contribution in [-0.4, -0.2) is 22.9 Å². The first-order chi connectivity index (χ1) is 7.95. The van der Waals surface area contributed by atoms with Gasteiger partial charge >= 0.3 is 0 Å². The number of rotatable bonds is 5. The number of hydrogen-bond acceptors (Lipinski definition) is 5. The van der Waals surface area contributed by atoms with Crippen LogP contribution in [0.4, 0.5) is 11.4 Å². The van der Waals surface area contributed by atoms with Crippen LogP contribution in [0.3, 0.4) is 0 Å². The predicted molar refractivity (Wildman–Crippen MR) is 62.0 cm³/mol. The number of nitro benzene ring substituents is 2. The predicted octanol–water partition coefficient (Wildman–Crippen LogP) is 1.65. The number of nitro groups is 2. The molecule has 0 radical (unpaired) electrons. The lowest BCUT2D eigenvalue weighted by molar-refractivity contribution is -0.394. The smallest absolute Gasteiger partial charge is 0.279 e. The first kappa shape index (κ1) is 13.0. The Morgan fingerprint density at radius 2 is 1.94 bits per heavy atom. The van der Waals surface area contributed by atoms with Crippen molar-refractivity contribution in [1.82, 2.24) is 5.32 Å². The fourth-order valence-electron chi connectivity index (χ4n) is 1.44. The topological polar surface area (TPSA) is 98.3 Å². The molecule has 1 unspecified atom stereocenters. The quantitative estimate of drug-likeness (QED) is 0.622. The molecule has 1 rings (SSSR count). The number of nitrogens with one attached hydrogen (secondary N) is 1. The van der Waals surface area contributed by atoms with Crippen molar-refractivity contribution in [3.8, 4) is 0 Å². The summed E-state index contributed by atoms with van der Waals surface area (Å²) >= 11 is 0. The maximum atomic E-state index is 10.8. The summed E-state index contributed by atoms with van der Waals surface area (Å²) in [6.45, 7) is 1.88. The molecule has 1 aromatic rings. The van der Waals surface area contributed by atoms with Crippen molar-refractivity contribution in [3.05, 3.63) is 44.0 Å². The average Bonchev–Trinajstić information content (AvgIpc) is 2.28. The monoisotopic (exact) mass is 239 g/mol. The molecule has 0 saturated carbocycles. The Balaban J connectivity index is 3.13. The summed E-state index contributed by atoms with van der Waals surface area (Å²) in [4.78, 5) is 20.1. The van der Waals surface area contributed by atoms with Crippen molar-refractivity contribution in [2.75, 3.05) is 7.05 Å². The van der Waals surface area contributed by atoms with Gasteiger partial charge < -0.3 is 5.32 Å². The van der Waals surface area contributed by atoms with Crippen molar-refractivity contribution in [1.29, 1.82) is 0 Å². The van der Waals surface area contributed by atoms with Crippen molar-refractivity contribution in [2.45, 2.75) is 19.4 Å². The highest BCUT2D eigenvalue weighted by Crippen LogP contribution is 2.25. The molecule has 1 aromatic carbocycles. The lowest BCUT2D eigenvalue weighted by atomic mass is 10.0. The zero-order valence-electron chi connectivity index (χ0n) is 9.54. The second-order valence-electron chi connectivity index (χ2n) is 3.72. The van der Waals surface area contributed by atoms with Gasteiger partial charge in [0.2, 0.25) is 0 Å². The van der Waals surface area contributed by atoms with E-state index in [0.717, 1.165) is 6.07 Å². The SMILES string of the molecule is CNC(C)Cc1ccc([N+](=O)[O-])cc1[N+](=O)[O-]. The molecule has 17 heavy (non-hydrogen) atoms. The van der Waals surface area contributed by atoms with Crippen molar-refractivity contribution in [3.63, 3.8) is 0 Å². The first-order valence-electron chi connectivity index (χ1n) is 5.04. The third-order valence-corrected chi connectivity index (χ3v) is 2.50. The Morgan fingerprint density at radius 1 is 1.29 bits per heavy atom. The van der Waals surface area contributed by atoms with Gasteiger partial charge in [0, 0.05) is 17.7 Å². The van der Waals surface area contributed by atoms with E-state index >= 15 is 0 Å². The summed E-state index contributed by atoms with van der Waals surface area (Å²) < 4.78 is 0. The minimum atomic E-state index is -0.641. The van der Waals surface area contributed by atoms with Gasteiger partial charge in [-0.25, -0.2) is 0 Å². The summed E-state index contributed by atoms with van der Waals surface area (Å²) in [6.07, 6.45) is 0.449. The van der Waals surface area contributed by atoms with E-state index in [1.54, 1.807) is 7.05 Å². The molecule has 0 fully saturated rings. The zero-order chi connectivity index (χ0) is 13.0. The summed E-state index contributed by atoms with van der Waals surface area (Å²) in [7, 11) is 1.75. The first-order valence-corrected chi connectivity index (χ1v) is 5.04. The van der Waals surface area contributed by atoms with Crippen molar-refractivity contribution >= 4 is 11.4 Å². The van der Waals surface area contributed by atoms with Crippen LogP contribution in [0, 0.1) is 20.2 Å². The van der Waals surface area contributed by atoms with Crippen molar-refractivity contribution in [2.24, 2.45) is 0 Å². The average molecular weight is 239 g/mol. The highest BCUT2D eigenvalue weighted by molar-refractivity contribution is 5.49. The van der Waals surface area contributed by atoms with Gasteiger partial charge in [-0.05, 0) is 26.5 Å². The lowest BCUT2D eigenvalue weighted by Crippen LogP contribution is -2.23. The van der Waals surface area contributed by atoms with Gasteiger partial charge in [-0.2, -0.15) is 0 Å². The fourth-order valence-corrected chi connectivity index (χ4v) is 1.44. The van der Waals surface area contributed by atoms with Crippen LogP contribution in [0.25, 0.3) is 0 Å². The molecule has 7 heteroatoms. The Morgan fingerprint density at radius 3 is 2.41 bits per heavy atom. The van der Waals surface area contributed by atoms with Crippen LogP contribution < -0.4 is 5.32 Å². The summed E-state index contributed by atoms with van der Waals surface area (Å²) in [6, 6.07) is 3.78. The molecule has 1 atom stereocenters. The largest absolute Gasteiger partial charge is 0.317 e. The van der Waals surface area contributed by atoms with Crippen molar-refractivity contribution < 1.29 is 9.85 Å². The maximum Gasteiger partial charge on any atom is 0.279 e. The lowest BCUT2D eigenvalue weighted by Gasteiger charge is -2.09. The van der Waals surface area contributed by atoms with E-state index in [-0.39, 0.29) is 17.4 Å². The molecule has 1 N–H and O–H groups in total. The molecule has 0 amide bonds. The van der Waals surface area contributed by atoms with E-state index in [9.17, 15) is 20.2 Å². The summed E-state index contributed by atoms with van der Waals surface area (Å²) in [5.41, 5.74) is 0.0151. The Kier molecular flexibility index (Phi) is 4.11. The highest BCUT2D eigenvalue weighted by Gasteiger charge is 2.20. The van der Waals surface area contributed by atoms with E-state index in [4.69, 9.17) is 0 Å². The third kappa shape index (κ3) is 3.22. The van der Waals surface area contributed by atoms with Gasteiger partial charge in [0.05, 0.1) is 15.9 Å². The Labute approximate surface area is 97.7 Å². The molecule has 0 aromatic heterocycles. The van der Waals surface area contributed by atoms with E-state index in [2.05, 4.69) is 5.32 Å². The fraction of sp³-hybridized carbons (Fsp3) is 0.400.